The van der Waals surface area contributed by atoms with Gasteiger partial charge in [-0.2, -0.15) is 0 Å². The molecule has 0 heterocycles. The lowest BCUT2D eigenvalue weighted by Crippen LogP contribution is -2.53. The average Bonchev–Trinajstić information content (AvgIpc) is 3.50. The van der Waals surface area contributed by atoms with E-state index in [1.807, 2.05) is 61.5 Å². The largest absolute Gasteiger partial charge is 0.391 e. The van der Waals surface area contributed by atoms with Crippen LogP contribution in [-0.4, -0.2) is 29.1 Å². The standard InChI is InChI=1S/C22H26N2O3/c1-14-8-10-17(11-9-14)20(16-6-4-3-5-7-16)24-22(27)19(15(2)25)23-21(26)18-12-13-18/h3-11,15,18-20,25H,12-13H2,1-2H3,(H,23,26)(H,24,27)/t15-,19-,20+/m0/s1. The summed E-state index contributed by atoms with van der Waals surface area (Å²) in [6.07, 6.45) is 0.702. The molecule has 0 radical (unpaired) electrons. The van der Waals surface area contributed by atoms with Crippen molar-refractivity contribution in [2.45, 2.75) is 44.9 Å². The Bertz CT molecular complexity index is 783. The maximum atomic E-state index is 12.9. The molecule has 3 rings (SSSR count). The van der Waals surface area contributed by atoms with Gasteiger partial charge in [0.15, 0.2) is 0 Å². The van der Waals surface area contributed by atoms with Gasteiger partial charge in [0.2, 0.25) is 11.8 Å². The maximum absolute atomic E-state index is 12.9. The fourth-order valence-electron chi connectivity index (χ4n) is 3.02. The highest BCUT2D eigenvalue weighted by atomic mass is 16.3. The quantitative estimate of drug-likeness (QED) is 0.704. The van der Waals surface area contributed by atoms with Crippen LogP contribution in [0.4, 0.5) is 0 Å². The van der Waals surface area contributed by atoms with Crippen LogP contribution in [-0.2, 0) is 9.59 Å². The molecule has 3 N–H and O–H groups in total. The van der Waals surface area contributed by atoms with E-state index >= 15 is 0 Å². The lowest BCUT2D eigenvalue weighted by Gasteiger charge is -2.26. The molecule has 1 aliphatic carbocycles. The molecule has 142 valence electrons. The smallest absolute Gasteiger partial charge is 0.246 e. The second kappa shape index (κ2) is 8.35. The normalized spacial score (nSPS) is 16.9. The number of amides is 2. The van der Waals surface area contributed by atoms with Gasteiger partial charge in [0, 0.05) is 5.92 Å². The second-order valence-electron chi connectivity index (χ2n) is 7.26. The number of aliphatic hydroxyl groups excluding tert-OH is 1. The van der Waals surface area contributed by atoms with Crippen LogP contribution in [0.2, 0.25) is 0 Å². The first-order chi connectivity index (χ1) is 13.0. The van der Waals surface area contributed by atoms with Gasteiger partial charge < -0.3 is 15.7 Å². The zero-order valence-corrected chi connectivity index (χ0v) is 15.7. The van der Waals surface area contributed by atoms with E-state index in [1.54, 1.807) is 0 Å². The van der Waals surface area contributed by atoms with Crippen molar-refractivity contribution in [3.8, 4) is 0 Å². The fourth-order valence-corrected chi connectivity index (χ4v) is 3.02. The minimum absolute atomic E-state index is 0.0268. The summed E-state index contributed by atoms with van der Waals surface area (Å²) in [6, 6.07) is 16.3. The SMILES string of the molecule is Cc1ccc([C@H](NC(=O)[C@@H](NC(=O)C2CC2)[C@H](C)O)c2ccccc2)cc1. The predicted octanol–water partition coefficient (Wildman–Crippen LogP) is 2.48. The summed E-state index contributed by atoms with van der Waals surface area (Å²) in [5, 5.41) is 15.7. The Hall–Kier alpha value is -2.66. The molecule has 0 bridgehead atoms. The van der Waals surface area contributed by atoms with Crippen LogP contribution in [0.3, 0.4) is 0 Å². The molecule has 3 atom stereocenters. The van der Waals surface area contributed by atoms with Crippen molar-refractivity contribution in [1.29, 1.82) is 0 Å². The van der Waals surface area contributed by atoms with Crippen molar-refractivity contribution in [3.05, 3.63) is 71.3 Å². The molecule has 0 saturated heterocycles. The Morgan fingerprint density at radius 3 is 2.11 bits per heavy atom. The molecule has 1 fully saturated rings. The van der Waals surface area contributed by atoms with Crippen LogP contribution in [0.5, 0.6) is 0 Å². The van der Waals surface area contributed by atoms with Crippen LogP contribution in [0, 0.1) is 12.8 Å². The van der Waals surface area contributed by atoms with Gasteiger partial charge in [0.05, 0.1) is 12.1 Å². The first kappa shape index (κ1) is 19.1. The van der Waals surface area contributed by atoms with Crippen LogP contribution in [0.1, 0.15) is 42.5 Å². The van der Waals surface area contributed by atoms with E-state index in [2.05, 4.69) is 10.6 Å². The van der Waals surface area contributed by atoms with Crippen molar-refractivity contribution < 1.29 is 14.7 Å². The van der Waals surface area contributed by atoms with Crippen molar-refractivity contribution in [2.24, 2.45) is 5.92 Å². The average molecular weight is 366 g/mol. The van der Waals surface area contributed by atoms with Crippen LogP contribution in [0.15, 0.2) is 54.6 Å². The number of rotatable bonds is 7. The molecule has 0 unspecified atom stereocenters. The molecule has 5 nitrogen and oxygen atoms in total. The van der Waals surface area contributed by atoms with E-state index in [0.717, 1.165) is 29.5 Å². The number of carbonyl (C=O) groups is 2. The number of hydrogen-bond donors (Lipinski definition) is 3. The second-order valence-corrected chi connectivity index (χ2v) is 7.26. The Morgan fingerprint density at radius 1 is 0.963 bits per heavy atom. The summed E-state index contributed by atoms with van der Waals surface area (Å²) in [6.45, 7) is 3.53. The molecule has 2 amide bonds. The zero-order valence-electron chi connectivity index (χ0n) is 15.7. The minimum Gasteiger partial charge on any atom is -0.391 e. The summed E-state index contributed by atoms with van der Waals surface area (Å²) in [5.74, 6) is -0.586. The van der Waals surface area contributed by atoms with Gasteiger partial charge in [0.1, 0.15) is 6.04 Å². The topological polar surface area (TPSA) is 78.4 Å². The Balaban J connectivity index is 1.82. The highest BCUT2D eigenvalue weighted by molar-refractivity contribution is 5.90. The van der Waals surface area contributed by atoms with Gasteiger partial charge in [-0.25, -0.2) is 0 Å². The molecule has 0 spiro atoms. The van der Waals surface area contributed by atoms with E-state index in [0.29, 0.717) is 0 Å². The van der Waals surface area contributed by atoms with Crippen LogP contribution >= 0.6 is 0 Å². The number of hydrogen-bond acceptors (Lipinski definition) is 3. The van der Waals surface area contributed by atoms with Crippen LogP contribution in [0.25, 0.3) is 0 Å². The summed E-state index contributed by atoms with van der Waals surface area (Å²) in [7, 11) is 0. The maximum Gasteiger partial charge on any atom is 0.246 e. The Morgan fingerprint density at radius 2 is 1.56 bits per heavy atom. The zero-order chi connectivity index (χ0) is 19.4. The Labute approximate surface area is 159 Å². The number of nitrogens with one attached hydrogen (secondary N) is 2. The van der Waals surface area contributed by atoms with Crippen molar-refractivity contribution in [1.82, 2.24) is 10.6 Å². The predicted molar refractivity (Wildman–Crippen MR) is 104 cm³/mol. The van der Waals surface area contributed by atoms with E-state index in [1.165, 1.54) is 6.92 Å². The van der Waals surface area contributed by atoms with E-state index < -0.39 is 18.1 Å². The molecule has 2 aromatic rings. The number of carbonyl (C=O) groups excluding carboxylic acids is 2. The fraction of sp³-hybridized carbons (Fsp3) is 0.364. The molecule has 1 saturated carbocycles. The molecule has 1 aliphatic rings. The summed E-state index contributed by atoms with van der Waals surface area (Å²) in [5.41, 5.74) is 3.01. The lowest BCUT2D eigenvalue weighted by molar-refractivity contribution is -0.132. The lowest BCUT2D eigenvalue weighted by atomic mass is 9.97. The first-order valence-corrected chi connectivity index (χ1v) is 9.36. The molecule has 5 heteroatoms. The minimum atomic E-state index is -0.984. The third-order valence-electron chi connectivity index (χ3n) is 4.84. The summed E-state index contributed by atoms with van der Waals surface area (Å²) in [4.78, 5) is 25.0. The highest BCUT2D eigenvalue weighted by Gasteiger charge is 2.35. The van der Waals surface area contributed by atoms with Gasteiger partial charge in [0.25, 0.3) is 0 Å². The van der Waals surface area contributed by atoms with Crippen molar-refractivity contribution >= 4 is 11.8 Å². The van der Waals surface area contributed by atoms with E-state index in [4.69, 9.17) is 0 Å². The number of benzene rings is 2. The summed E-state index contributed by atoms with van der Waals surface area (Å²) >= 11 is 0. The molecular formula is C22H26N2O3. The third kappa shape index (κ3) is 4.95. The number of aliphatic hydroxyl groups is 1. The first-order valence-electron chi connectivity index (χ1n) is 9.36. The number of aryl methyl sites for hydroxylation is 1. The van der Waals surface area contributed by atoms with E-state index in [9.17, 15) is 14.7 Å². The van der Waals surface area contributed by atoms with E-state index in [-0.39, 0.29) is 17.9 Å². The van der Waals surface area contributed by atoms with Crippen LogP contribution < -0.4 is 10.6 Å². The highest BCUT2D eigenvalue weighted by Crippen LogP contribution is 2.29. The Kier molecular flexibility index (Phi) is 5.91. The third-order valence-corrected chi connectivity index (χ3v) is 4.84. The molecular weight excluding hydrogens is 340 g/mol. The van der Waals surface area contributed by atoms with Crippen molar-refractivity contribution in [3.63, 3.8) is 0 Å². The van der Waals surface area contributed by atoms with Crippen molar-refractivity contribution in [2.75, 3.05) is 0 Å². The molecule has 27 heavy (non-hydrogen) atoms. The molecule has 0 aromatic heterocycles. The van der Waals surface area contributed by atoms with Gasteiger partial charge >= 0.3 is 0 Å². The van der Waals surface area contributed by atoms with Gasteiger partial charge in [-0.05, 0) is 37.8 Å². The molecule has 2 aromatic carbocycles. The van der Waals surface area contributed by atoms with Gasteiger partial charge in [-0.15, -0.1) is 0 Å². The molecule has 0 aliphatic heterocycles. The van der Waals surface area contributed by atoms with Gasteiger partial charge in [-0.3, -0.25) is 9.59 Å². The van der Waals surface area contributed by atoms with Gasteiger partial charge in [-0.1, -0.05) is 60.2 Å². The monoisotopic (exact) mass is 366 g/mol. The summed E-state index contributed by atoms with van der Waals surface area (Å²) < 4.78 is 0.